The van der Waals surface area contributed by atoms with Gasteiger partial charge in [-0.1, -0.05) is 45.6 Å². The van der Waals surface area contributed by atoms with Gasteiger partial charge in [-0.3, -0.25) is 4.98 Å². The first-order valence-electron chi connectivity index (χ1n) is 13.5. The second-order valence-electron chi connectivity index (χ2n) is 9.16. The van der Waals surface area contributed by atoms with Crippen molar-refractivity contribution < 1.29 is 43.7 Å². The largest absolute Gasteiger partial charge is 0.673 e. The summed E-state index contributed by atoms with van der Waals surface area (Å²) in [6.07, 6.45) is 21.0. The maximum atomic E-state index is 9.75. The number of halogens is 8. The van der Waals surface area contributed by atoms with Gasteiger partial charge in [0.15, 0.2) is 24.8 Å². The van der Waals surface area contributed by atoms with Gasteiger partial charge in [0.25, 0.3) is 0 Å². The van der Waals surface area contributed by atoms with Gasteiger partial charge in [-0.25, -0.2) is 9.13 Å². The number of hydrogen-bond donors (Lipinski definition) is 0. The number of unbranched alkanes of at least 4 members (excludes halogenated alkanes) is 6. The van der Waals surface area contributed by atoms with Crippen molar-refractivity contribution in [1.82, 2.24) is 4.98 Å². The Hall–Kier alpha value is -2.98. The summed E-state index contributed by atoms with van der Waals surface area (Å²) in [6, 6.07) is 13.0. The van der Waals surface area contributed by atoms with Gasteiger partial charge in [0.2, 0.25) is 0 Å². The molecule has 0 unspecified atom stereocenters. The molecule has 3 heterocycles. The monoisotopic (exact) mass is 577 g/mol. The lowest BCUT2D eigenvalue weighted by molar-refractivity contribution is -0.697. The third-order valence-electron chi connectivity index (χ3n) is 5.71. The van der Waals surface area contributed by atoms with Crippen LogP contribution in [0.3, 0.4) is 0 Å². The molecule has 3 aromatic rings. The maximum absolute atomic E-state index is 9.75. The van der Waals surface area contributed by atoms with E-state index in [1.807, 2.05) is 12.3 Å². The summed E-state index contributed by atoms with van der Waals surface area (Å²) >= 11 is 0. The molecule has 3 nitrogen and oxygen atoms in total. The molecular weight excluding hydrogens is 540 g/mol. The van der Waals surface area contributed by atoms with Crippen LogP contribution in [0.1, 0.15) is 65.2 Å². The summed E-state index contributed by atoms with van der Waals surface area (Å²) in [5.74, 6) is 0. The van der Waals surface area contributed by atoms with E-state index in [4.69, 9.17) is 4.98 Å². The van der Waals surface area contributed by atoms with Gasteiger partial charge >= 0.3 is 14.5 Å². The van der Waals surface area contributed by atoms with E-state index < -0.39 is 14.5 Å². The fourth-order valence-corrected chi connectivity index (χ4v) is 3.86. The third-order valence-corrected chi connectivity index (χ3v) is 5.71. The molecule has 0 aliphatic carbocycles. The van der Waals surface area contributed by atoms with Gasteiger partial charge in [-0.2, -0.15) is 0 Å². The van der Waals surface area contributed by atoms with Crippen LogP contribution in [0.25, 0.3) is 22.4 Å². The maximum Gasteiger partial charge on any atom is 0.673 e. The second-order valence-corrected chi connectivity index (χ2v) is 9.16. The fourth-order valence-electron chi connectivity index (χ4n) is 3.86. The number of nitrogens with zero attached hydrogens (tertiary/aromatic N) is 3. The van der Waals surface area contributed by atoms with Crippen LogP contribution < -0.4 is 9.13 Å². The van der Waals surface area contributed by atoms with Crippen molar-refractivity contribution in [2.75, 3.05) is 0 Å². The Kier molecular flexibility index (Phi) is 16.1. The zero-order chi connectivity index (χ0) is 30.0. The van der Waals surface area contributed by atoms with Crippen molar-refractivity contribution in [2.45, 2.75) is 78.3 Å². The van der Waals surface area contributed by atoms with Crippen molar-refractivity contribution in [3.05, 3.63) is 67.4 Å². The minimum Gasteiger partial charge on any atom is -0.418 e. The Bertz CT molecular complexity index is 978. The summed E-state index contributed by atoms with van der Waals surface area (Å²) in [4.78, 5) is 4.72. The topological polar surface area (TPSA) is 20.6 Å². The molecule has 0 atom stereocenters. The molecule has 0 aliphatic rings. The first-order valence-corrected chi connectivity index (χ1v) is 13.5. The Morgan fingerprint density at radius 3 is 1.38 bits per heavy atom. The summed E-state index contributed by atoms with van der Waals surface area (Å²) in [7, 11) is -12.0. The van der Waals surface area contributed by atoms with Crippen LogP contribution in [0.2, 0.25) is 0 Å². The van der Waals surface area contributed by atoms with Gasteiger partial charge in [-0.05, 0) is 24.5 Å². The molecule has 3 rings (SSSR count). The Morgan fingerprint density at radius 2 is 0.975 bits per heavy atom. The van der Waals surface area contributed by atoms with E-state index in [1.165, 1.54) is 68.1 Å². The molecule has 0 aromatic carbocycles. The molecule has 0 N–H and O–H groups in total. The van der Waals surface area contributed by atoms with Crippen LogP contribution >= 0.6 is 0 Å². The molecule has 40 heavy (non-hydrogen) atoms. The fraction of sp³-hybridized carbons (Fsp3) is 0.444. The van der Waals surface area contributed by atoms with Gasteiger partial charge in [0, 0.05) is 54.4 Å². The van der Waals surface area contributed by atoms with Gasteiger partial charge < -0.3 is 34.5 Å². The van der Waals surface area contributed by atoms with Crippen molar-refractivity contribution in [1.29, 1.82) is 0 Å². The first kappa shape index (κ1) is 35.0. The average Bonchev–Trinajstić information content (AvgIpc) is 2.88. The smallest absolute Gasteiger partial charge is 0.418 e. The lowest BCUT2D eigenvalue weighted by Crippen LogP contribution is -2.32. The van der Waals surface area contributed by atoms with E-state index in [0.29, 0.717) is 0 Å². The van der Waals surface area contributed by atoms with Crippen LogP contribution in [0.4, 0.5) is 34.5 Å². The van der Waals surface area contributed by atoms with Crippen LogP contribution in [0.5, 0.6) is 0 Å². The highest BCUT2D eigenvalue weighted by molar-refractivity contribution is 6.50. The predicted molar refractivity (Wildman–Crippen MR) is 144 cm³/mol. The Balaban J connectivity index is 0.000000686. The molecule has 222 valence electrons. The SMILES string of the molecule is CCCCCC[n+]1ccc(-c2cccnc2-c2cc[n+](CCCCCC)cc2)cc1.F[B-](F)(F)F.F[B-](F)(F)F. The van der Waals surface area contributed by atoms with Crippen LogP contribution in [-0.2, 0) is 13.1 Å². The molecule has 0 spiro atoms. The van der Waals surface area contributed by atoms with Crippen molar-refractivity contribution >= 4 is 14.5 Å². The summed E-state index contributed by atoms with van der Waals surface area (Å²) < 4.78 is 82.6. The normalized spacial score (nSPS) is 11.2. The highest BCUT2D eigenvalue weighted by atomic mass is 19.5. The van der Waals surface area contributed by atoms with E-state index in [9.17, 15) is 34.5 Å². The molecule has 0 saturated carbocycles. The van der Waals surface area contributed by atoms with Gasteiger partial charge in [0.1, 0.15) is 13.1 Å². The lowest BCUT2D eigenvalue weighted by Gasteiger charge is -2.08. The van der Waals surface area contributed by atoms with E-state index in [1.54, 1.807) is 0 Å². The Labute approximate surface area is 231 Å². The van der Waals surface area contributed by atoms with E-state index >= 15 is 0 Å². The molecule has 0 bridgehead atoms. The summed E-state index contributed by atoms with van der Waals surface area (Å²) in [5, 5.41) is 0. The quantitative estimate of drug-likeness (QED) is 0.0913. The summed E-state index contributed by atoms with van der Waals surface area (Å²) in [6.45, 7) is 6.70. The van der Waals surface area contributed by atoms with Crippen LogP contribution in [-0.4, -0.2) is 19.5 Å². The van der Waals surface area contributed by atoms with Crippen molar-refractivity contribution in [2.24, 2.45) is 0 Å². The van der Waals surface area contributed by atoms with Crippen LogP contribution in [0, 0.1) is 0 Å². The molecule has 0 fully saturated rings. The molecular formula is C27H37B2F8N3. The third kappa shape index (κ3) is 17.6. The second kappa shape index (κ2) is 18.4. The highest BCUT2D eigenvalue weighted by Gasteiger charge is 2.21. The lowest BCUT2D eigenvalue weighted by atomic mass is 10.0. The molecule has 0 saturated heterocycles. The number of rotatable bonds is 12. The predicted octanol–water partition coefficient (Wildman–Crippen LogP) is 8.75. The highest BCUT2D eigenvalue weighted by Crippen LogP contribution is 2.29. The van der Waals surface area contributed by atoms with E-state index in [-0.39, 0.29) is 0 Å². The standard InChI is InChI=1S/C27H37N3.2BF4/c1-3-5-7-9-18-29-20-13-24(14-21-29)26-12-11-17-28-27(26)25-15-22-30(23-16-25)19-10-8-6-4-2;2*2-1(3,4)5/h11-17,20-23H,3-10,18-19H2,1-2H3;;/q+2;2*-1. The van der Waals surface area contributed by atoms with Gasteiger partial charge in [0.05, 0.1) is 5.69 Å². The number of hydrogen-bond acceptors (Lipinski definition) is 1. The van der Waals surface area contributed by atoms with Crippen molar-refractivity contribution in [3.8, 4) is 22.4 Å². The molecule has 0 amide bonds. The molecule has 3 aromatic heterocycles. The zero-order valence-corrected chi connectivity index (χ0v) is 22.9. The van der Waals surface area contributed by atoms with E-state index in [2.05, 4.69) is 78.1 Å². The van der Waals surface area contributed by atoms with E-state index in [0.717, 1.165) is 18.8 Å². The number of pyridine rings is 3. The van der Waals surface area contributed by atoms with Gasteiger partial charge in [-0.15, -0.1) is 0 Å². The molecule has 0 aliphatic heterocycles. The average molecular weight is 577 g/mol. The number of aryl methyl sites for hydroxylation is 2. The molecule has 13 heteroatoms. The van der Waals surface area contributed by atoms with Crippen LogP contribution in [0.15, 0.2) is 67.4 Å². The zero-order valence-electron chi connectivity index (χ0n) is 22.9. The summed E-state index contributed by atoms with van der Waals surface area (Å²) in [5.41, 5.74) is 4.64. The first-order chi connectivity index (χ1) is 18.8. The minimum absolute atomic E-state index is 1.05. The Morgan fingerprint density at radius 1 is 0.575 bits per heavy atom. The minimum atomic E-state index is -6.00. The number of aromatic nitrogens is 3. The molecule has 0 radical (unpaired) electrons. The van der Waals surface area contributed by atoms with Crippen molar-refractivity contribution in [3.63, 3.8) is 0 Å².